The maximum Gasteiger partial charge on any atom is 0.335 e. The molecule has 5 heteroatoms. The van der Waals surface area contributed by atoms with Crippen LogP contribution in [0.3, 0.4) is 0 Å². The van der Waals surface area contributed by atoms with E-state index in [0.717, 1.165) is 24.1 Å². The van der Waals surface area contributed by atoms with Gasteiger partial charge in [0.1, 0.15) is 0 Å². The zero-order chi connectivity index (χ0) is 15.4. The van der Waals surface area contributed by atoms with Crippen molar-refractivity contribution in [3.63, 3.8) is 0 Å². The van der Waals surface area contributed by atoms with Gasteiger partial charge in [-0.25, -0.2) is 9.59 Å². The quantitative estimate of drug-likeness (QED) is 0.927. The lowest BCUT2D eigenvalue weighted by Crippen LogP contribution is -2.45. The first kappa shape index (κ1) is 15.4. The summed E-state index contributed by atoms with van der Waals surface area (Å²) >= 11 is 0. The van der Waals surface area contributed by atoms with E-state index in [2.05, 4.69) is 6.92 Å². The number of nitrogens with zero attached hydrogens (tertiary/aromatic N) is 2. The molecule has 1 aliphatic heterocycles. The molecule has 0 aromatic heterocycles. The number of carbonyl (C=O) groups is 2. The Morgan fingerprint density at radius 3 is 2.71 bits per heavy atom. The van der Waals surface area contributed by atoms with Crippen LogP contribution in [0.4, 0.5) is 4.79 Å². The second-order valence-electron chi connectivity index (χ2n) is 5.28. The summed E-state index contributed by atoms with van der Waals surface area (Å²) < 4.78 is 0. The minimum Gasteiger partial charge on any atom is -0.478 e. The van der Waals surface area contributed by atoms with E-state index >= 15 is 0 Å². The van der Waals surface area contributed by atoms with Crippen LogP contribution in [0, 0.1) is 0 Å². The van der Waals surface area contributed by atoms with E-state index in [4.69, 9.17) is 0 Å². The summed E-state index contributed by atoms with van der Waals surface area (Å²) in [5.41, 5.74) is 2.18. The first-order valence-corrected chi connectivity index (χ1v) is 7.46. The second kappa shape index (κ2) is 6.61. The molecule has 1 aliphatic rings. The molecular formula is C16H22N2O3. The van der Waals surface area contributed by atoms with Crippen molar-refractivity contribution in [1.29, 1.82) is 0 Å². The summed E-state index contributed by atoms with van der Waals surface area (Å²) in [6, 6.07) is 5.34. The molecule has 0 saturated carbocycles. The van der Waals surface area contributed by atoms with Gasteiger partial charge in [-0.05, 0) is 37.0 Å². The number of fused-ring (bicyclic) bond motifs is 1. The number of benzene rings is 1. The molecule has 1 aromatic rings. The summed E-state index contributed by atoms with van der Waals surface area (Å²) in [7, 11) is 0. The SMILES string of the molecule is CCCN(CC)C(=O)N1CCc2c(cccc2C(=O)O)C1. The number of aromatic carboxylic acids is 1. The van der Waals surface area contributed by atoms with Gasteiger partial charge in [-0.3, -0.25) is 0 Å². The Labute approximate surface area is 125 Å². The van der Waals surface area contributed by atoms with Gasteiger partial charge in [0.25, 0.3) is 0 Å². The van der Waals surface area contributed by atoms with Crippen LogP contribution in [0.5, 0.6) is 0 Å². The lowest BCUT2D eigenvalue weighted by atomic mass is 9.94. The average molecular weight is 290 g/mol. The lowest BCUT2D eigenvalue weighted by Gasteiger charge is -2.34. The number of hydrogen-bond acceptors (Lipinski definition) is 2. The minimum absolute atomic E-state index is 0.0470. The first-order valence-electron chi connectivity index (χ1n) is 7.46. The third kappa shape index (κ3) is 3.17. The molecule has 0 saturated heterocycles. The van der Waals surface area contributed by atoms with E-state index in [1.807, 2.05) is 22.8 Å². The number of rotatable bonds is 4. The summed E-state index contributed by atoms with van der Waals surface area (Å²) in [4.78, 5) is 27.4. The third-order valence-electron chi connectivity index (χ3n) is 3.91. The van der Waals surface area contributed by atoms with Gasteiger partial charge in [0, 0.05) is 26.2 Å². The number of urea groups is 1. The third-order valence-corrected chi connectivity index (χ3v) is 3.91. The molecule has 0 spiro atoms. The fraction of sp³-hybridized carbons (Fsp3) is 0.500. The van der Waals surface area contributed by atoms with Gasteiger partial charge in [-0.15, -0.1) is 0 Å². The molecule has 21 heavy (non-hydrogen) atoms. The minimum atomic E-state index is -0.896. The Morgan fingerprint density at radius 2 is 2.10 bits per heavy atom. The molecule has 0 bridgehead atoms. The summed E-state index contributed by atoms with van der Waals surface area (Å²) in [6.45, 7) is 6.57. The Morgan fingerprint density at radius 1 is 1.33 bits per heavy atom. The highest BCUT2D eigenvalue weighted by Crippen LogP contribution is 2.23. The average Bonchev–Trinajstić information content (AvgIpc) is 2.50. The van der Waals surface area contributed by atoms with Gasteiger partial charge in [-0.1, -0.05) is 19.1 Å². The van der Waals surface area contributed by atoms with Gasteiger partial charge in [0.05, 0.1) is 5.56 Å². The molecule has 1 aromatic carbocycles. The maximum atomic E-state index is 12.5. The van der Waals surface area contributed by atoms with E-state index in [1.54, 1.807) is 12.1 Å². The van der Waals surface area contributed by atoms with Crippen molar-refractivity contribution in [3.05, 3.63) is 34.9 Å². The molecule has 5 nitrogen and oxygen atoms in total. The van der Waals surface area contributed by atoms with Crippen LogP contribution in [0.2, 0.25) is 0 Å². The molecule has 1 heterocycles. The van der Waals surface area contributed by atoms with Gasteiger partial charge in [0.2, 0.25) is 0 Å². The molecule has 0 unspecified atom stereocenters. The fourth-order valence-electron chi connectivity index (χ4n) is 2.83. The van der Waals surface area contributed by atoms with Gasteiger partial charge in [-0.2, -0.15) is 0 Å². The van der Waals surface area contributed by atoms with Crippen molar-refractivity contribution in [2.45, 2.75) is 33.2 Å². The van der Waals surface area contributed by atoms with E-state index in [-0.39, 0.29) is 6.03 Å². The highest BCUT2D eigenvalue weighted by atomic mass is 16.4. The number of hydrogen-bond donors (Lipinski definition) is 1. The molecule has 1 N–H and O–H groups in total. The van der Waals surface area contributed by atoms with Gasteiger partial charge in [0.15, 0.2) is 0 Å². The molecule has 0 aliphatic carbocycles. The van der Waals surface area contributed by atoms with Crippen molar-refractivity contribution in [1.82, 2.24) is 9.80 Å². The zero-order valence-corrected chi connectivity index (χ0v) is 12.6. The Bertz CT molecular complexity index is 542. The fourth-order valence-corrected chi connectivity index (χ4v) is 2.83. The number of carboxylic acids is 1. The Balaban J connectivity index is 2.18. The number of carbonyl (C=O) groups excluding carboxylic acids is 1. The van der Waals surface area contributed by atoms with Crippen LogP contribution in [0.25, 0.3) is 0 Å². The van der Waals surface area contributed by atoms with Crippen molar-refractivity contribution in [2.75, 3.05) is 19.6 Å². The van der Waals surface area contributed by atoms with Crippen molar-refractivity contribution >= 4 is 12.0 Å². The lowest BCUT2D eigenvalue weighted by molar-refractivity contribution is 0.0695. The smallest absolute Gasteiger partial charge is 0.335 e. The van der Waals surface area contributed by atoms with Gasteiger partial charge >= 0.3 is 12.0 Å². The summed E-state index contributed by atoms with van der Waals surface area (Å²) in [5.74, 6) is -0.896. The molecule has 0 radical (unpaired) electrons. The molecule has 0 atom stereocenters. The van der Waals surface area contributed by atoms with E-state index in [1.165, 1.54) is 0 Å². The molecular weight excluding hydrogens is 268 g/mol. The largest absolute Gasteiger partial charge is 0.478 e. The van der Waals surface area contributed by atoms with E-state index in [9.17, 15) is 14.7 Å². The van der Waals surface area contributed by atoms with Crippen LogP contribution in [0.15, 0.2) is 18.2 Å². The monoisotopic (exact) mass is 290 g/mol. The standard InChI is InChI=1S/C16H22N2O3/c1-3-9-17(4-2)16(21)18-10-8-13-12(11-18)6-5-7-14(13)15(19)20/h5-7H,3-4,8-11H2,1-2H3,(H,19,20). The molecule has 2 rings (SSSR count). The summed E-state index contributed by atoms with van der Waals surface area (Å²) in [5, 5.41) is 9.22. The van der Waals surface area contributed by atoms with E-state index in [0.29, 0.717) is 31.6 Å². The second-order valence-corrected chi connectivity index (χ2v) is 5.28. The van der Waals surface area contributed by atoms with Crippen LogP contribution < -0.4 is 0 Å². The van der Waals surface area contributed by atoms with Crippen molar-refractivity contribution in [3.8, 4) is 0 Å². The van der Waals surface area contributed by atoms with Crippen molar-refractivity contribution in [2.24, 2.45) is 0 Å². The molecule has 114 valence electrons. The number of amides is 2. The topological polar surface area (TPSA) is 60.9 Å². The normalized spacial score (nSPS) is 13.7. The van der Waals surface area contributed by atoms with Crippen molar-refractivity contribution < 1.29 is 14.7 Å². The van der Waals surface area contributed by atoms with Gasteiger partial charge < -0.3 is 14.9 Å². The van der Waals surface area contributed by atoms with Crippen LogP contribution in [-0.2, 0) is 13.0 Å². The zero-order valence-electron chi connectivity index (χ0n) is 12.6. The predicted molar refractivity (Wildman–Crippen MR) is 80.4 cm³/mol. The van der Waals surface area contributed by atoms with Crippen LogP contribution >= 0.6 is 0 Å². The Hall–Kier alpha value is -2.04. The summed E-state index contributed by atoms with van der Waals surface area (Å²) in [6.07, 6.45) is 1.54. The maximum absolute atomic E-state index is 12.5. The first-order chi connectivity index (χ1) is 10.1. The molecule has 2 amide bonds. The molecule has 0 fully saturated rings. The Kier molecular flexibility index (Phi) is 4.83. The van der Waals surface area contributed by atoms with Crippen LogP contribution in [-0.4, -0.2) is 46.5 Å². The predicted octanol–water partition coefficient (Wildman–Crippen LogP) is 2.59. The number of carboxylic acid groups (broad SMARTS) is 1. The highest BCUT2D eigenvalue weighted by Gasteiger charge is 2.26. The highest BCUT2D eigenvalue weighted by molar-refractivity contribution is 5.90. The van der Waals surface area contributed by atoms with E-state index < -0.39 is 5.97 Å². The van der Waals surface area contributed by atoms with Crippen LogP contribution in [0.1, 0.15) is 41.8 Å².